The second-order valence-corrected chi connectivity index (χ2v) is 3.77. The molecule has 5 heteroatoms. The number of likely N-dealkylation sites (N-methyl/N-ethyl adjacent to an activating group) is 1. The summed E-state index contributed by atoms with van der Waals surface area (Å²) >= 11 is 4.81. The number of carbonyl (C=O) groups is 1. The molecule has 3 N–H and O–H groups in total. The zero-order valence-corrected chi connectivity index (χ0v) is 9.84. The van der Waals surface area contributed by atoms with Gasteiger partial charge in [0.2, 0.25) is 0 Å². The molecule has 16 heavy (non-hydrogen) atoms. The molecular weight excluding hydrogens is 224 g/mol. The molecule has 86 valence electrons. The van der Waals surface area contributed by atoms with Gasteiger partial charge in [-0.15, -0.1) is 0 Å². The molecule has 0 saturated heterocycles. The summed E-state index contributed by atoms with van der Waals surface area (Å²) in [6, 6.07) is 7.32. The molecule has 0 unspecified atom stereocenters. The van der Waals surface area contributed by atoms with Crippen LogP contribution in [-0.4, -0.2) is 24.6 Å². The molecule has 0 spiro atoms. The maximum atomic E-state index is 10.9. The smallest absolute Gasteiger partial charge is 0.257 e. The van der Waals surface area contributed by atoms with Gasteiger partial charge in [-0.25, -0.2) is 0 Å². The van der Waals surface area contributed by atoms with Gasteiger partial charge in [0.15, 0.2) is 6.61 Å². The fourth-order valence-corrected chi connectivity index (χ4v) is 1.29. The number of thiocarbonyl (C=S) groups is 1. The van der Waals surface area contributed by atoms with Crippen molar-refractivity contribution in [1.29, 1.82) is 0 Å². The van der Waals surface area contributed by atoms with Gasteiger partial charge < -0.3 is 15.8 Å². The summed E-state index contributed by atoms with van der Waals surface area (Å²) in [7, 11) is 1.57. The predicted molar refractivity (Wildman–Crippen MR) is 66.5 cm³/mol. The number of amides is 1. The van der Waals surface area contributed by atoms with Crippen molar-refractivity contribution in [2.24, 2.45) is 5.73 Å². The fraction of sp³-hybridized carbons (Fsp3) is 0.273. The van der Waals surface area contributed by atoms with E-state index in [-0.39, 0.29) is 12.5 Å². The van der Waals surface area contributed by atoms with Crippen molar-refractivity contribution in [3.8, 4) is 5.75 Å². The van der Waals surface area contributed by atoms with Crippen LogP contribution in [0.15, 0.2) is 24.3 Å². The number of nitrogens with two attached hydrogens (primary N) is 1. The molecule has 0 bridgehead atoms. The Morgan fingerprint density at radius 2 is 2.06 bits per heavy atom. The number of ether oxygens (including phenoxy) is 1. The molecule has 0 fully saturated rings. The van der Waals surface area contributed by atoms with Gasteiger partial charge in [0.25, 0.3) is 5.91 Å². The third-order valence-corrected chi connectivity index (χ3v) is 2.09. The highest BCUT2D eigenvalue weighted by atomic mass is 32.1. The van der Waals surface area contributed by atoms with E-state index in [2.05, 4.69) is 5.32 Å². The van der Waals surface area contributed by atoms with Crippen LogP contribution in [-0.2, 0) is 11.2 Å². The first-order valence-corrected chi connectivity index (χ1v) is 5.23. The molecule has 0 atom stereocenters. The topological polar surface area (TPSA) is 64.3 Å². The van der Waals surface area contributed by atoms with Crippen molar-refractivity contribution in [3.63, 3.8) is 0 Å². The van der Waals surface area contributed by atoms with Crippen molar-refractivity contribution < 1.29 is 9.53 Å². The van der Waals surface area contributed by atoms with E-state index in [1.165, 1.54) is 0 Å². The number of benzene rings is 1. The normalized spacial score (nSPS) is 9.56. The average molecular weight is 238 g/mol. The summed E-state index contributed by atoms with van der Waals surface area (Å²) in [5.74, 6) is 0.488. The van der Waals surface area contributed by atoms with Crippen LogP contribution in [0.4, 0.5) is 0 Å². The Hall–Kier alpha value is -1.62. The quantitative estimate of drug-likeness (QED) is 0.739. The lowest BCUT2D eigenvalue weighted by Crippen LogP contribution is -2.24. The van der Waals surface area contributed by atoms with E-state index in [9.17, 15) is 4.79 Å². The third-order valence-electron chi connectivity index (χ3n) is 1.95. The van der Waals surface area contributed by atoms with Gasteiger partial charge in [0, 0.05) is 13.5 Å². The van der Waals surface area contributed by atoms with Crippen LogP contribution in [0.3, 0.4) is 0 Å². The van der Waals surface area contributed by atoms with Crippen LogP contribution in [0.5, 0.6) is 5.75 Å². The maximum absolute atomic E-state index is 10.9. The first-order chi connectivity index (χ1) is 7.61. The summed E-state index contributed by atoms with van der Waals surface area (Å²) in [5.41, 5.74) is 6.45. The first-order valence-electron chi connectivity index (χ1n) is 4.82. The van der Waals surface area contributed by atoms with Crippen LogP contribution < -0.4 is 15.8 Å². The van der Waals surface area contributed by atoms with E-state index in [1.54, 1.807) is 19.2 Å². The molecule has 0 saturated carbocycles. The molecule has 1 aromatic rings. The number of rotatable bonds is 5. The predicted octanol–water partition coefficient (Wildman–Crippen LogP) is 0.640. The maximum Gasteiger partial charge on any atom is 0.257 e. The number of nitrogens with one attached hydrogen (secondary N) is 1. The molecule has 0 radical (unpaired) electrons. The van der Waals surface area contributed by atoms with Crippen molar-refractivity contribution in [2.75, 3.05) is 13.7 Å². The summed E-state index contributed by atoms with van der Waals surface area (Å²) in [6.07, 6.45) is 0.574. The highest BCUT2D eigenvalue weighted by molar-refractivity contribution is 7.80. The van der Waals surface area contributed by atoms with Gasteiger partial charge in [0.05, 0.1) is 4.99 Å². The second-order valence-electron chi connectivity index (χ2n) is 3.25. The molecule has 0 aliphatic heterocycles. The van der Waals surface area contributed by atoms with Gasteiger partial charge in [-0.2, -0.15) is 0 Å². The van der Waals surface area contributed by atoms with Crippen molar-refractivity contribution in [2.45, 2.75) is 6.42 Å². The summed E-state index contributed by atoms with van der Waals surface area (Å²) in [4.78, 5) is 11.4. The lowest BCUT2D eigenvalue weighted by molar-refractivity contribution is -0.122. The number of carbonyl (C=O) groups excluding carboxylic acids is 1. The van der Waals surface area contributed by atoms with Crippen LogP contribution >= 0.6 is 12.2 Å². The van der Waals surface area contributed by atoms with E-state index >= 15 is 0 Å². The molecule has 1 aromatic carbocycles. The molecule has 1 rings (SSSR count). The number of hydrogen-bond donors (Lipinski definition) is 2. The highest BCUT2D eigenvalue weighted by Gasteiger charge is 2.00. The molecular formula is C11H14N2O2S. The van der Waals surface area contributed by atoms with E-state index in [1.807, 2.05) is 12.1 Å². The van der Waals surface area contributed by atoms with Crippen molar-refractivity contribution >= 4 is 23.1 Å². The molecule has 0 aliphatic carbocycles. The monoisotopic (exact) mass is 238 g/mol. The largest absolute Gasteiger partial charge is 0.484 e. The zero-order valence-electron chi connectivity index (χ0n) is 9.03. The standard InChI is InChI=1S/C11H14N2O2S/c1-13-11(14)7-15-9-4-2-8(3-5-9)6-10(12)16/h2-5H,6-7H2,1H3,(H2,12,16)(H,13,14). The Balaban J connectivity index is 2.51. The van der Waals surface area contributed by atoms with E-state index < -0.39 is 0 Å². The fourth-order valence-electron chi connectivity index (χ4n) is 1.13. The molecule has 0 heterocycles. The van der Waals surface area contributed by atoms with Crippen molar-refractivity contribution in [1.82, 2.24) is 5.32 Å². The summed E-state index contributed by atoms with van der Waals surface area (Å²) in [6.45, 7) is 0.0190. The summed E-state index contributed by atoms with van der Waals surface area (Å²) < 4.78 is 5.24. The minimum absolute atomic E-state index is 0.0190. The van der Waals surface area contributed by atoms with Gasteiger partial charge in [-0.3, -0.25) is 4.79 Å². The van der Waals surface area contributed by atoms with E-state index in [0.29, 0.717) is 17.2 Å². The SMILES string of the molecule is CNC(=O)COc1ccc(CC(N)=S)cc1. The lowest BCUT2D eigenvalue weighted by Gasteiger charge is -2.06. The first kappa shape index (κ1) is 12.4. The molecule has 0 aliphatic rings. The van der Waals surface area contributed by atoms with Gasteiger partial charge in [-0.1, -0.05) is 24.4 Å². The average Bonchev–Trinajstić information content (AvgIpc) is 2.27. The van der Waals surface area contributed by atoms with Gasteiger partial charge >= 0.3 is 0 Å². The van der Waals surface area contributed by atoms with Gasteiger partial charge in [0.1, 0.15) is 5.75 Å². The number of hydrogen-bond acceptors (Lipinski definition) is 3. The van der Waals surface area contributed by atoms with E-state index in [4.69, 9.17) is 22.7 Å². The third kappa shape index (κ3) is 4.27. The minimum atomic E-state index is -0.160. The Morgan fingerprint density at radius 1 is 1.44 bits per heavy atom. The van der Waals surface area contributed by atoms with E-state index in [0.717, 1.165) is 5.56 Å². The molecule has 4 nitrogen and oxygen atoms in total. The van der Waals surface area contributed by atoms with Crippen LogP contribution in [0.2, 0.25) is 0 Å². The Kier molecular flexibility index (Phi) is 4.72. The highest BCUT2D eigenvalue weighted by Crippen LogP contribution is 2.12. The van der Waals surface area contributed by atoms with Crippen LogP contribution in [0, 0.1) is 0 Å². The minimum Gasteiger partial charge on any atom is -0.484 e. The summed E-state index contributed by atoms with van der Waals surface area (Å²) in [5, 5.41) is 2.48. The van der Waals surface area contributed by atoms with Crippen molar-refractivity contribution in [3.05, 3.63) is 29.8 Å². The van der Waals surface area contributed by atoms with Gasteiger partial charge in [-0.05, 0) is 17.7 Å². The van der Waals surface area contributed by atoms with Crippen LogP contribution in [0.1, 0.15) is 5.56 Å². The molecule has 0 aromatic heterocycles. The molecule has 1 amide bonds. The second kappa shape index (κ2) is 6.07. The lowest BCUT2D eigenvalue weighted by atomic mass is 10.1. The Morgan fingerprint density at radius 3 is 2.56 bits per heavy atom. The Labute approximate surface area is 99.8 Å². The Bertz CT molecular complexity index is 376. The zero-order chi connectivity index (χ0) is 12.0. The van der Waals surface area contributed by atoms with Crippen LogP contribution in [0.25, 0.3) is 0 Å².